The molecule has 0 saturated carbocycles. The topological polar surface area (TPSA) is 47.6 Å². The molecule has 0 aliphatic rings. The minimum absolute atomic E-state index is 0.0948. The molecule has 2 aromatic carbocycles. The fourth-order valence-corrected chi connectivity index (χ4v) is 1.98. The number of ether oxygens (including phenoxy) is 2. The Kier molecular flexibility index (Phi) is 6.10. The van der Waals surface area contributed by atoms with Gasteiger partial charge in [0, 0.05) is 5.02 Å². The van der Waals surface area contributed by atoms with Crippen LogP contribution in [0.2, 0.25) is 5.02 Å². The normalized spacial score (nSPS) is 10.1. The van der Waals surface area contributed by atoms with Crippen LogP contribution in [0, 0.1) is 0 Å². The molecule has 0 radical (unpaired) electrons. The average molecular weight is 320 g/mol. The first-order valence-electron chi connectivity index (χ1n) is 7.09. The van der Waals surface area contributed by atoms with Gasteiger partial charge in [-0.1, -0.05) is 36.7 Å². The molecule has 0 saturated heterocycles. The fourth-order valence-electron chi connectivity index (χ4n) is 1.80. The zero-order chi connectivity index (χ0) is 15.8. The Bertz CT molecular complexity index is 631. The highest BCUT2D eigenvalue weighted by Gasteiger charge is 2.08. The van der Waals surface area contributed by atoms with Gasteiger partial charge in [0.2, 0.25) is 0 Å². The van der Waals surface area contributed by atoms with E-state index in [0.29, 0.717) is 28.8 Å². The number of rotatable bonds is 7. The van der Waals surface area contributed by atoms with Gasteiger partial charge in [0.05, 0.1) is 12.3 Å². The van der Waals surface area contributed by atoms with Crippen molar-refractivity contribution in [3.05, 3.63) is 53.6 Å². The van der Waals surface area contributed by atoms with Crippen LogP contribution in [-0.2, 0) is 4.79 Å². The number of carbonyl (C=O) groups is 1. The molecule has 0 atom stereocenters. The van der Waals surface area contributed by atoms with Gasteiger partial charge in [-0.05, 0) is 36.8 Å². The van der Waals surface area contributed by atoms with Crippen molar-refractivity contribution in [2.75, 3.05) is 18.5 Å². The first kappa shape index (κ1) is 16.2. The standard InChI is InChI=1S/C17H18ClNO3/c1-2-10-21-16-9-4-3-8-15(16)19-17(20)12-22-14-7-5-6-13(18)11-14/h3-9,11H,2,10,12H2,1H3,(H,19,20). The summed E-state index contributed by atoms with van der Waals surface area (Å²) in [6.45, 7) is 2.54. The van der Waals surface area contributed by atoms with E-state index in [9.17, 15) is 4.79 Å². The van der Waals surface area contributed by atoms with Gasteiger partial charge in [-0.25, -0.2) is 0 Å². The molecule has 0 aliphatic heterocycles. The average Bonchev–Trinajstić information content (AvgIpc) is 2.52. The van der Waals surface area contributed by atoms with Gasteiger partial charge in [0.15, 0.2) is 6.61 Å². The Balaban J connectivity index is 1.92. The number of para-hydroxylation sites is 2. The highest BCUT2D eigenvalue weighted by atomic mass is 35.5. The zero-order valence-electron chi connectivity index (χ0n) is 12.3. The summed E-state index contributed by atoms with van der Waals surface area (Å²) in [5.74, 6) is 0.950. The van der Waals surface area contributed by atoms with E-state index in [-0.39, 0.29) is 12.5 Å². The molecule has 0 spiro atoms. The number of carbonyl (C=O) groups excluding carboxylic acids is 1. The SMILES string of the molecule is CCCOc1ccccc1NC(=O)COc1cccc(Cl)c1. The molecule has 0 aliphatic carbocycles. The van der Waals surface area contributed by atoms with E-state index in [2.05, 4.69) is 5.32 Å². The summed E-state index contributed by atoms with van der Waals surface area (Å²) in [6, 6.07) is 14.2. The predicted molar refractivity (Wildman–Crippen MR) is 87.8 cm³/mol. The monoisotopic (exact) mass is 319 g/mol. The molecule has 22 heavy (non-hydrogen) atoms. The number of halogens is 1. The molecule has 1 N–H and O–H groups in total. The van der Waals surface area contributed by atoms with Crippen molar-refractivity contribution in [2.45, 2.75) is 13.3 Å². The summed E-state index contributed by atoms with van der Waals surface area (Å²) >= 11 is 5.86. The molecular formula is C17H18ClNO3. The predicted octanol–water partition coefficient (Wildman–Crippen LogP) is 4.15. The molecule has 0 fully saturated rings. The van der Waals surface area contributed by atoms with Gasteiger partial charge in [-0.15, -0.1) is 0 Å². The van der Waals surface area contributed by atoms with Crippen LogP contribution >= 0.6 is 11.6 Å². The number of nitrogens with one attached hydrogen (secondary N) is 1. The minimum atomic E-state index is -0.257. The van der Waals surface area contributed by atoms with E-state index in [1.807, 2.05) is 25.1 Å². The maximum Gasteiger partial charge on any atom is 0.262 e. The zero-order valence-corrected chi connectivity index (χ0v) is 13.1. The maximum atomic E-state index is 12.0. The summed E-state index contributed by atoms with van der Waals surface area (Å²) in [5.41, 5.74) is 0.635. The lowest BCUT2D eigenvalue weighted by Gasteiger charge is -2.12. The quantitative estimate of drug-likeness (QED) is 0.834. The van der Waals surface area contributed by atoms with Crippen molar-refractivity contribution in [3.63, 3.8) is 0 Å². The second-order valence-electron chi connectivity index (χ2n) is 4.64. The molecule has 4 nitrogen and oxygen atoms in total. The summed E-state index contributed by atoms with van der Waals surface area (Å²) < 4.78 is 11.0. The van der Waals surface area contributed by atoms with Crippen molar-refractivity contribution in [2.24, 2.45) is 0 Å². The van der Waals surface area contributed by atoms with Crippen molar-refractivity contribution in [1.82, 2.24) is 0 Å². The molecular weight excluding hydrogens is 302 g/mol. The van der Waals surface area contributed by atoms with Crippen LogP contribution in [0.5, 0.6) is 11.5 Å². The van der Waals surface area contributed by atoms with Crippen LogP contribution in [0.1, 0.15) is 13.3 Å². The Morgan fingerprint density at radius 1 is 1.14 bits per heavy atom. The molecule has 116 valence electrons. The molecule has 2 rings (SSSR count). The molecule has 0 aromatic heterocycles. The third-order valence-electron chi connectivity index (χ3n) is 2.79. The lowest BCUT2D eigenvalue weighted by atomic mass is 10.3. The Hall–Kier alpha value is -2.20. The molecule has 2 aromatic rings. The molecule has 0 bridgehead atoms. The number of benzene rings is 2. The third-order valence-corrected chi connectivity index (χ3v) is 3.02. The smallest absolute Gasteiger partial charge is 0.262 e. The number of hydrogen-bond donors (Lipinski definition) is 1. The van der Waals surface area contributed by atoms with Gasteiger partial charge in [-0.3, -0.25) is 4.79 Å². The largest absolute Gasteiger partial charge is 0.491 e. The second-order valence-corrected chi connectivity index (χ2v) is 5.08. The van der Waals surface area contributed by atoms with Crippen molar-refractivity contribution in [1.29, 1.82) is 0 Å². The van der Waals surface area contributed by atoms with E-state index in [1.165, 1.54) is 0 Å². The van der Waals surface area contributed by atoms with Crippen LogP contribution in [0.3, 0.4) is 0 Å². The van der Waals surface area contributed by atoms with Crippen LogP contribution in [0.15, 0.2) is 48.5 Å². The lowest BCUT2D eigenvalue weighted by molar-refractivity contribution is -0.118. The van der Waals surface area contributed by atoms with Gasteiger partial charge in [0.25, 0.3) is 5.91 Å². The van der Waals surface area contributed by atoms with Crippen LogP contribution in [0.25, 0.3) is 0 Å². The van der Waals surface area contributed by atoms with Crippen molar-refractivity contribution < 1.29 is 14.3 Å². The van der Waals surface area contributed by atoms with Gasteiger partial charge in [-0.2, -0.15) is 0 Å². The summed E-state index contributed by atoms with van der Waals surface area (Å²) in [6.07, 6.45) is 0.903. The Morgan fingerprint density at radius 2 is 1.95 bits per heavy atom. The first-order chi connectivity index (χ1) is 10.7. The Morgan fingerprint density at radius 3 is 2.73 bits per heavy atom. The maximum absolute atomic E-state index is 12.0. The van der Waals surface area contributed by atoms with E-state index < -0.39 is 0 Å². The Labute approximate surface area is 135 Å². The number of amides is 1. The van der Waals surface area contributed by atoms with E-state index in [4.69, 9.17) is 21.1 Å². The summed E-state index contributed by atoms with van der Waals surface area (Å²) in [5, 5.41) is 3.35. The first-order valence-corrected chi connectivity index (χ1v) is 7.47. The van der Waals surface area contributed by atoms with Crippen LogP contribution in [-0.4, -0.2) is 19.1 Å². The summed E-state index contributed by atoms with van der Waals surface area (Å²) in [7, 11) is 0. The van der Waals surface area contributed by atoms with Gasteiger partial charge in [0.1, 0.15) is 11.5 Å². The molecule has 1 amide bonds. The highest BCUT2D eigenvalue weighted by Crippen LogP contribution is 2.24. The fraction of sp³-hybridized carbons (Fsp3) is 0.235. The summed E-state index contributed by atoms with van der Waals surface area (Å²) in [4.78, 5) is 12.0. The molecule has 0 unspecified atom stereocenters. The lowest BCUT2D eigenvalue weighted by Crippen LogP contribution is -2.20. The van der Waals surface area contributed by atoms with E-state index >= 15 is 0 Å². The molecule has 0 heterocycles. The van der Waals surface area contributed by atoms with E-state index in [0.717, 1.165) is 6.42 Å². The third kappa shape index (κ3) is 4.97. The second kappa shape index (κ2) is 8.29. The van der Waals surface area contributed by atoms with E-state index in [1.54, 1.807) is 30.3 Å². The minimum Gasteiger partial charge on any atom is -0.491 e. The van der Waals surface area contributed by atoms with Crippen LogP contribution < -0.4 is 14.8 Å². The number of hydrogen-bond acceptors (Lipinski definition) is 3. The van der Waals surface area contributed by atoms with Crippen molar-refractivity contribution in [3.8, 4) is 11.5 Å². The number of anilines is 1. The highest BCUT2D eigenvalue weighted by molar-refractivity contribution is 6.30. The van der Waals surface area contributed by atoms with Gasteiger partial charge >= 0.3 is 0 Å². The van der Waals surface area contributed by atoms with Crippen LogP contribution in [0.4, 0.5) is 5.69 Å². The molecule has 5 heteroatoms. The van der Waals surface area contributed by atoms with Crippen molar-refractivity contribution >= 4 is 23.2 Å². The van der Waals surface area contributed by atoms with Gasteiger partial charge < -0.3 is 14.8 Å².